The summed E-state index contributed by atoms with van der Waals surface area (Å²) >= 11 is 0. The molecule has 0 spiro atoms. The van der Waals surface area contributed by atoms with Crippen molar-refractivity contribution >= 4 is 0 Å². The van der Waals surface area contributed by atoms with Crippen LogP contribution in [0.25, 0.3) is 0 Å². The largest absolute Gasteiger partial charge is 0.504 e. The van der Waals surface area contributed by atoms with Crippen molar-refractivity contribution in [2.45, 2.75) is 71.1 Å². The monoisotopic (exact) mass is 264 g/mol. The molecule has 0 saturated heterocycles. The zero-order valence-corrected chi connectivity index (χ0v) is 12.2. The zero-order chi connectivity index (χ0) is 13.9. The number of phenolic OH excluding ortho intramolecular Hbond substituents is 2. The number of hydrogen-bond donors (Lipinski definition) is 2. The molecule has 0 heterocycles. The molecule has 2 nitrogen and oxygen atoms in total. The van der Waals surface area contributed by atoms with Crippen LogP contribution in [-0.4, -0.2) is 10.2 Å². The second kappa shape index (κ2) is 9.71. The maximum atomic E-state index is 9.67. The summed E-state index contributed by atoms with van der Waals surface area (Å²) in [7, 11) is 0. The SMILES string of the molecule is CCCCCCCCCCCc1cccc(O)c1O. The summed E-state index contributed by atoms with van der Waals surface area (Å²) in [6.07, 6.45) is 12.6. The zero-order valence-electron chi connectivity index (χ0n) is 12.2. The van der Waals surface area contributed by atoms with E-state index in [-0.39, 0.29) is 11.5 Å². The standard InChI is InChI=1S/C17H28O2/c1-2-3-4-5-6-7-8-9-10-12-15-13-11-14-16(18)17(15)19/h11,13-14,18-19H,2-10,12H2,1H3. The molecular formula is C17H28O2. The quantitative estimate of drug-likeness (QED) is 0.452. The lowest BCUT2D eigenvalue weighted by Gasteiger charge is -2.06. The van der Waals surface area contributed by atoms with Gasteiger partial charge in [0.05, 0.1) is 0 Å². The highest BCUT2D eigenvalue weighted by Crippen LogP contribution is 2.29. The summed E-state index contributed by atoms with van der Waals surface area (Å²) in [5.41, 5.74) is 0.864. The van der Waals surface area contributed by atoms with Gasteiger partial charge in [-0.25, -0.2) is 0 Å². The first-order valence-corrected chi connectivity index (χ1v) is 7.75. The average molecular weight is 264 g/mol. The van der Waals surface area contributed by atoms with Gasteiger partial charge in [-0.1, -0.05) is 70.4 Å². The molecule has 1 rings (SSSR count). The Hall–Kier alpha value is -1.18. The number of phenols is 2. The molecule has 0 radical (unpaired) electrons. The first-order valence-electron chi connectivity index (χ1n) is 7.75. The summed E-state index contributed by atoms with van der Waals surface area (Å²) in [4.78, 5) is 0. The third kappa shape index (κ3) is 6.51. The molecule has 0 aliphatic rings. The van der Waals surface area contributed by atoms with Gasteiger partial charge in [-0.15, -0.1) is 0 Å². The summed E-state index contributed by atoms with van der Waals surface area (Å²) in [6.45, 7) is 2.25. The number of aromatic hydroxyl groups is 2. The summed E-state index contributed by atoms with van der Waals surface area (Å²) < 4.78 is 0. The van der Waals surface area contributed by atoms with Gasteiger partial charge in [-0.05, 0) is 24.5 Å². The molecule has 2 N–H and O–H groups in total. The maximum Gasteiger partial charge on any atom is 0.160 e. The highest BCUT2D eigenvalue weighted by atomic mass is 16.3. The number of para-hydroxylation sites is 1. The van der Waals surface area contributed by atoms with E-state index in [0.29, 0.717) is 0 Å². The normalized spacial score (nSPS) is 10.8. The van der Waals surface area contributed by atoms with Crippen molar-refractivity contribution in [2.24, 2.45) is 0 Å². The molecule has 0 atom stereocenters. The van der Waals surface area contributed by atoms with Gasteiger partial charge in [0.15, 0.2) is 11.5 Å². The van der Waals surface area contributed by atoms with Crippen LogP contribution in [-0.2, 0) is 6.42 Å². The Morgan fingerprint density at radius 1 is 0.789 bits per heavy atom. The van der Waals surface area contributed by atoms with Crippen molar-refractivity contribution in [3.63, 3.8) is 0 Å². The minimum Gasteiger partial charge on any atom is -0.504 e. The van der Waals surface area contributed by atoms with Crippen LogP contribution in [0.5, 0.6) is 11.5 Å². The van der Waals surface area contributed by atoms with E-state index < -0.39 is 0 Å². The van der Waals surface area contributed by atoms with E-state index in [1.807, 2.05) is 6.07 Å². The Morgan fingerprint density at radius 2 is 1.37 bits per heavy atom. The van der Waals surface area contributed by atoms with E-state index in [9.17, 15) is 10.2 Å². The molecule has 0 unspecified atom stereocenters. The van der Waals surface area contributed by atoms with Crippen LogP contribution >= 0.6 is 0 Å². The number of hydrogen-bond acceptors (Lipinski definition) is 2. The molecule has 2 heteroatoms. The second-order valence-electron chi connectivity index (χ2n) is 5.36. The van der Waals surface area contributed by atoms with Crippen molar-refractivity contribution in [2.75, 3.05) is 0 Å². The Balaban J connectivity index is 2.03. The van der Waals surface area contributed by atoms with Crippen molar-refractivity contribution in [3.8, 4) is 11.5 Å². The molecule has 0 saturated carbocycles. The number of benzene rings is 1. The lowest BCUT2D eigenvalue weighted by molar-refractivity contribution is 0.398. The third-order valence-corrected chi connectivity index (χ3v) is 3.65. The van der Waals surface area contributed by atoms with Crippen molar-refractivity contribution < 1.29 is 10.2 Å². The number of rotatable bonds is 10. The molecule has 0 aromatic heterocycles. The summed E-state index contributed by atoms with van der Waals surface area (Å²) in [5.74, 6) is 0.0514. The molecule has 0 aliphatic heterocycles. The lowest BCUT2D eigenvalue weighted by Crippen LogP contribution is -1.87. The molecule has 0 aliphatic carbocycles. The minimum absolute atomic E-state index is 0.00609. The van der Waals surface area contributed by atoms with Gasteiger partial charge in [0, 0.05) is 0 Å². The van der Waals surface area contributed by atoms with Gasteiger partial charge in [0.1, 0.15) is 0 Å². The highest BCUT2D eigenvalue weighted by molar-refractivity contribution is 5.44. The van der Waals surface area contributed by atoms with Crippen LogP contribution in [0, 0.1) is 0 Å². The van der Waals surface area contributed by atoms with Gasteiger partial charge >= 0.3 is 0 Å². The van der Waals surface area contributed by atoms with Crippen LogP contribution in [0.15, 0.2) is 18.2 Å². The summed E-state index contributed by atoms with van der Waals surface area (Å²) in [5, 5.41) is 19.1. The highest BCUT2D eigenvalue weighted by Gasteiger charge is 2.04. The first-order chi connectivity index (χ1) is 9.25. The van der Waals surface area contributed by atoms with E-state index in [4.69, 9.17) is 0 Å². The smallest absolute Gasteiger partial charge is 0.160 e. The van der Waals surface area contributed by atoms with Gasteiger partial charge < -0.3 is 10.2 Å². The van der Waals surface area contributed by atoms with Gasteiger partial charge in [0.2, 0.25) is 0 Å². The predicted octanol–water partition coefficient (Wildman–Crippen LogP) is 5.17. The van der Waals surface area contributed by atoms with Gasteiger partial charge in [-0.3, -0.25) is 0 Å². The topological polar surface area (TPSA) is 40.5 Å². The molecule has 0 amide bonds. The summed E-state index contributed by atoms with van der Waals surface area (Å²) in [6, 6.07) is 5.20. The molecule has 108 valence electrons. The molecule has 0 bridgehead atoms. The third-order valence-electron chi connectivity index (χ3n) is 3.65. The van der Waals surface area contributed by atoms with E-state index >= 15 is 0 Å². The Labute approximate surface area is 117 Å². The van der Waals surface area contributed by atoms with Crippen molar-refractivity contribution in [3.05, 3.63) is 23.8 Å². The Morgan fingerprint density at radius 3 is 2.00 bits per heavy atom. The molecule has 19 heavy (non-hydrogen) atoms. The van der Waals surface area contributed by atoms with Gasteiger partial charge in [0.25, 0.3) is 0 Å². The van der Waals surface area contributed by atoms with Crippen LogP contribution in [0.4, 0.5) is 0 Å². The lowest BCUT2D eigenvalue weighted by atomic mass is 10.0. The predicted molar refractivity (Wildman–Crippen MR) is 80.7 cm³/mol. The number of aryl methyl sites for hydroxylation is 1. The molecule has 1 aromatic carbocycles. The van der Waals surface area contributed by atoms with Crippen LogP contribution in [0.2, 0.25) is 0 Å². The number of unbranched alkanes of at least 4 members (excludes halogenated alkanes) is 8. The van der Waals surface area contributed by atoms with E-state index in [1.165, 1.54) is 57.4 Å². The van der Waals surface area contributed by atoms with Gasteiger partial charge in [-0.2, -0.15) is 0 Å². The maximum absolute atomic E-state index is 9.67. The second-order valence-corrected chi connectivity index (χ2v) is 5.36. The van der Waals surface area contributed by atoms with Crippen LogP contribution in [0.3, 0.4) is 0 Å². The van der Waals surface area contributed by atoms with E-state index in [0.717, 1.165) is 18.4 Å². The minimum atomic E-state index is -0.00609. The molecule has 0 fully saturated rings. The Kier molecular flexibility index (Phi) is 8.11. The fraction of sp³-hybridized carbons (Fsp3) is 0.647. The van der Waals surface area contributed by atoms with Crippen molar-refractivity contribution in [1.82, 2.24) is 0 Å². The molecular weight excluding hydrogens is 236 g/mol. The fourth-order valence-electron chi connectivity index (χ4n) is 2.41. The fourth-order valence-corrected chi connectivity index (χ4v) is 2.41. The molecule has 1 aromatic rings. The van der Waals surface area contributed by atoms with Crippen molar-refractivity contribution in [1.29, 1.82) is 0 Å². The van der Waals surface area contributed by atoms with E-state index in [2.05, 4.69) is 6.92 Å². The van der Waals surface area contributed by atoms with E-state index in [1.54, 1.807) is 6.07 Å². The van der Waals surface area contributed by atoms with Crippen LogP contribution in [0.1, 0.15) is 70.3 Å². The first kappa shape index (κ1) is 15.9. The van der Waals surface area contributed by atoms with Crippen LogP contribution < -0.4 is 0 Å². The average Bonchev–Trinajstić information content (AvgIpc) is 2.41. The Bertz CT molecular complexity index is 347.